The van der Waals surface area contributed by atoms with Gasteiger partial charge in [0.1, 0.15) is 0 Å². The molecule has 0 saturated carbocycles. The van der Waals surface area contributed by atoms with E-state index in [1.54, 1.807) is 24.3 Å². The van der Waals surface area contributed by atoms with E-state index < -0.39 is 5.97 Å². The second-order valence-corrected chi connectivity index (χ2v) is 5.95. The van der Waals surface area contributed by atoms with Crippen molar-refractivity contribution < 1.29 is 14.7 Å². The zero-order valence-electron chi connectivity index (χ0n) is 15.2. The van der Waals surface area contributed by atoms with Gasteiger partial charge in [0.05, 0.1) is 12.1 Å². The third-order valence-electron chi connectivity index (χ3n) is 4.11. The van der Waals surface area contributed by atoms with Crippen LogP contribution in [-0.4, -0.2) is 41.5 Å². The van der Waals surface area contributed by atoms with Crippen molar-refractivity contribution in [1.82, 2.24) is 4.90 Å². The number of nitrogens with one attached hydrogen (secondary N) is 2. The van der Waals surface area contributed by atoms with Crippen LogP contribution in [0.5, 0.6) is 0 Å². The van der Waals surface area contributed by atoms with Gasteiger partial charge in [-0.15, -0.1) is 0 Å². The van der Waals surface area contributed by atoms with Crippen molar-refractivity contribution in [3.05, 3.63) is 59.7 Å². The van der Waals surface area contributed by atoms with Crippen LogP contribution in [0.2, 0.25) is 0 Å². The summed E-state index contributed by atoms with van der Waals surface area (Å²) in [6.07, 6.45) is 0. The Morgan fingerprint density at radius 3 is 2.27 bits per heavy atom. The molecule has 0 bridgehead atoms. The number of hydrogen-bond donors (Lipinski definition) is 3. The third-order valence-corrected chi connectivity index (χ3v) is 4.11. The lowest BCUT2D eigenvalue weighted by Gasteiger charge is -2.17. The van der Waals surface area contributed by atoms with Crippen molar-refractivity contribution in [3.63, 3.8) is 0 Å². The van der Waals surface area contributed by atoms with Crippen LogP contribution in [-0.2, 0) is 11.3 Å². The molecule has 0 fully saturated rings. The van der Waals surface area contributed by atoms with Gasteiger partial charge in [-0.3, -0.25) is 9.69 Å². The molecule has 0 aromatic heterocycles. The fraction of sp³-hybridized carbons (Fsp3) is 0.300. The summed E-state index contributed by atoms with van der Waals surface area (Å²) in [6.45, 7) is 6.68. The molecule has 6 nitrogen and oxygen atoms in total. The Kier molecular flexibility index (Phi) is 7.17. The van der Waals surface area contributed by atoms with Crippen molar-refractivity contribution in [2.75, 3.05) is 30.3 Å². The Balaban J connectivity index is 1.92. The number of carboxylic acid groups (broad SMARTS) is 1. The van der Waals surface area contributed by atoms with E-state index in [0.29, 0.717) is 13.1 Å². The number of carbonyl (C=O) groups is 2. The number of aromatic carboxylic acids is 1. The Labute approximate surface area is 153 Å². The van der Waals surface area contributed by atoms with Gasteiger partial charge in [0.25, 0.3) is 0 Å². The Hall–Kier alpha value is -2.86. The van der Waals surface area contributed by atoms with E-state index in [4.69, 9.17) is 5.11 Å². The molecule has 1 amide bonds. The molecule has 0 aliphatic heterocycles. The van der Waals surface area contributed by atoms with Crippen LogP contribution >= 0.6 is 0 Å². The standard InChI is InChI=1S/C20H25N3O3/c1-3-23(4-2)14-19(24)22-18-7-5-6-17(12-18)21-13-15-8-10-16(11-9-15)20(25)26/h5-12,21H,3-4,13-14H2,1-2H3,(H,22,24)(H,25,26). The van der Waals surface area contributed by atoms with Crippen LogP contribution in [0, 0.1) is 0 Å². The second-order valence-electron chi connectivity index (χ2n) is 5.95. The highest BCUT2D eigenvalue weighted by Crippen LogP contribution is 2.16. The second kappa shape index (κ2) is 9.58. The molecule has 6 heteroatoms. The van der Waals surface area contributed by atoms with Crippen molar-refractivity contribution in [3.8, 4) is 0 Å². The summed E-state index contributed by atoms with van der Waals surface area (Å²) in [5.74, 6) is -0.965. The molecule has 0 unspecified atom stereocenters. The first-order valence-corrected chi connectivity index (χ1v) is 8.70. The van der Waals surface area contributed by atoms with Crippen LogP contribution in [0.25, 0.3) is 0 Å². The molecular weight excluding hydrogens is 330 g/mol. The largest absolute Gasteiger partial charge is 0.478 e. The average Bonchev–Trinajstić information content (AvgIpc) is 2.65. The highest BCUT2D eigenvalue weighted by molar-refractivity contribution is 5.92. The highest BCUT2D eigenvalue weighted by atomic mass is 16.4. The lowest BCUT2D eigenvalue weighted by Crippen LogP contribution is -2.32. The lowest BCUT2D eigenvalue weighted by molar-refractivity contribution is -0.117. The smallest absolute Gasteiger partial charge is 0.335 e. The quantitative estimate of drug-likeness (QED) is 0.643. The van der Waals surface area contributed by atoms with Crippen molar-refractivity contribution in [2.45, 2.75) is 20.4 Å². The number of nitrogens with zero attached hydrogens (tertiary/aromatic N) is 1. The van der Waals surface area contributed by atoms with Gasteiger partial charge in [0, 0.05) is 17.9 Å². The summed E-state index contributed by atoms with van der Waals surface area (Å²) in [4.78, 5) is 25.0. The first-order valence-electron chi connectivity index (χ1n) is 8.70. The molecule has 0 aliphatic carbocycles. The summed E-state index contributed by atoms with van der Waals surface area (Å²) in [7, 11) is 0. The molecule has 0 spiro atoms. The first-order chi connectivity index (χ1) is 12.5. The van der Waals surface area contributed by atoms with Crippen LogP contribution in [0.15, 0.2) is 48.5 Å². The fourth-order valence-corrected chi connectivity index (χ4v) is 2.53. The summed E-state index contributed by atoms with van der Waals surface area (Å²) >= 11 is 0. The number of hydrogen-bond acceptors (Lipinski definition) is 4. The summed E-state index contributed by atoms with van der Waals surface area (Å²) in [5, 5.41) is 15.1. The molecule has 138 valence electrons. The third kappa shape index (κ3) is 5.89. The molecule has 2 aromatic carbocycles. The Morgan fingerprint density at radius 1 is 1.00 bits per heavy atom. The molecule has 26 heavy (non-hydrogen) atoms. The minimum Gasteiger partial charge on any atom is -0.478 e. The van der Waals surface area contributed by atoms with Gasteiger partial charge in [-0.2, -0.15) is 0 Å². The predicted octanol–water partition coefficient (Wildman–Crippen LogP) is 3.28. The number of carboxylic acids is 1. The molecule has 2 rings (SSSR count). The normalized spacial score (nSPS) is 10.6. The lowest BCUT2D eigenvalue weighted by atomic mass is 10.1. The van der Waals surface area contributed by atoms with E-state index in [1.807, 2.05) is 38.1 Å². The van der Waals surface area contributed by atoms with Crippen molar-refractivity contribution in [1.29, 1.82) is 0 Å². The Bertz CT molecular complexity index is 740. The Morgan fingerprint density at radius 2 is 1.65 bits per heavy atom. The van der Waals surface area contributed by atoms with Gasteiger partial charge in [0.2, 0.25) is 5.91 Å². The van der Waals surface area contributed by atoms with E-state index in [1.165, 1.54) is 0 Å². The number of benzene rings is 2. The molecule has 0 saturated heterocycles. The minimum atomic E-state index is -0.933. The average molecular weight is 355 g/mol. The maximum absolute atomic E-state index is 12.1. The van der Waals surface area contributed by atoms with Crippen LogP contribution in [0.4, 0.5) is 11.4 Å². The molecule has 0 radical (unpaired) electrons. The molecule has 2 aromatic rings. The number of carbonyl (C=O) groups excluding carboxylic acids is 1. The van der Waals surface area contributed by atoms with Crippen molar-refractivity contribution in [2.24, 2.45) is 0 Å². The maximum Gasteiger partial charge on any atom is 0.335 e. The topological polar surface area (TPSA) is 81.7 Å². The number of amides is 1. The molecule has 0 heterocycles. The van der Waals surface area contributed by atoms with Crippen LogP contribution in [0.1, 0.15) is 29.8 Å². The van der Waals surface area contributed by atoms with Gasteiger partial charge in [-0.25, -0.2) is 4.79 Å². The summed E-state index contributed by atoms with van der Waals surface area (Å²) in [6, 6.07) is 14.3. The van der Waals surface area contributed by atoms with Gasteiger partial charge >= 0.3 is 5.97 Å². The fourth-order valence-electron chi connectivity index (χ4n) is 2.53. The highest BCUT2D eigenvalue weighted by Gasteiger charge is 2.08. The minimum absolute atomic E-state index is 0.0323. The molecular formula is C20H25N3O3. The predicted molar refractivity (Wildman–Crippen MR) is 104 cm³/mol. The van der Waals surface area contributed by atoms with E-state index in [9.17, 15) is 9.59 Å². The summed E-state index contributed by atoms with van der Waals surface area (Å²) < 4.78 is 0. The number of rotatable bonds is 9. The molecule has 0 atom stereocenters. The van der Waals surface area contributed by atoms with Crippen LogP contribution in [0.3, 0.4) is 0 Å². The summed E-state index contributed by atoms with van der Waals surface area (Å²) in [5.41, 5.74) is 2.87. The monoisotopic (exact) mass is 355 g/mol. The van der Waals surface area contributed by atoms with Gasteiger partial charge in [-0.1, -0.05) is 32.0 Å². The van der Waals surface area contributed by atoms with Crippen LogP contribution < -0.4 is 10.6 Å². The zero-order valence-corrected chi connectivity index (χ0v) is 15.2. The SMILES string of the molecule is CCN(CC)CC(=O)Nc1cccc(NCc2ccc(C(=O)O)cc2)c1. The van der Waals surface area contributed by atoms with Crippen molar-refractivity contribution >= 4 is 23.3 Å². The van der Waals surface area contributed by atoms with E-state index in [0.717, 1.165) is 30.0 Å². The maximum atomic E-state index is 12.1. The molecule has 3 N–H and O–H groups in total. The van der Waals surface area contributed by atoms with E-state index >= 15 is 0 Å². The molecule has 0 aliphatic rings. The van der Waals surface area contributed by atoms with Gasteiger partial charge < -0.3 is 15.7 Å². The van der Waals surface area contributed by atoms with Gasteiger partial charge in [0.15, 0.2) is 0 Å². The first kappa shape index (κ1) is 19.5. The van der Waals surface area contributed by atoms with Gasteiger partial charge in [-0.05, 0) is 49.0 Å². The number of likely N-dealkylation sites (N-methyl/N-ethyl adjacent to an activating group) is 1. The van der Waals surface area contributed by atoms with E-state index in [-0.39, 0.29) is 11.5 Å². The number of anilines is 2. The van der Waals surface area contributed by atoms with E-state index in [2.05, 4.69) is 15.5 Å². The zero-order chi connectivity index (χ0) is 18.9.